The Balaban J connectivity index is 1.55. The first-order chi connectivity index (χ1) is 7.24. The fourth-order valence-corrected chi connectivity index (χ4v) is 2.68. The largest absolute Gasteiger partial charge is 0.374 e. The molecule has 0 aliphatic carbocycles. The number of rotatable bonds is 4. The van der Waals surface area contributed by atoms with Crippen molar-refractivity contribution in [3.8, 4) is 0 Å². The molecule has 2 fully saturated rings. The summed E-state index contributed by atoms with van der Waals surface area (Å²) in [6.07, 6.45) is 4.77. The van der Waals surface area contributed by atoms with Crippen LogP contribution in [0.4, 0.5) is 0 Å². The Bertz CT molecular complexity index is 178. The minimum atomic E-state index is 0.471. The Labute approximate surface area is 93.2 Å². The van der Waals surface area contributed by atoms with E-state index in [2.05, 4.69) is 24.2 Å². The van der Waals surface area contributed by atoms with Crippen LogP contribution in [0.2, 0.25) is 0 Å². The topological polar surface area (TPSA) is 24.5 Å². The van der Waals surface area contributed by atoms with Crippen LogP contribution in [-0.4, -0.2) is 50.3 Å². The average molecular weight is 212 g/mol. The van der Waals surface area contributed by atoms with Gasteiger partial charge in [0.15, 0.2) is 0 Å². The molecule has 3 atom stereocenters. The molecule has 0 aromatic carbocycles. The van der Waals surface area contributed by atoms with Crippen molar-refractivity contribution in [1.29, 1.82) is 0 Å². The van der Waals surface area contributed by atoms with Gasteiger partial charge in [-0.3, -0.25) is 0 Å². The smallest absolute Gasteiger partial charge is 0.0704 e. The van der Waals surface area contributed by atoms with E-state index in [0.29, 0.717) is 12.2 Å². The molecule has 0 aromatic rings. The predicted molar refractivity (Wildman–Crippen MR) is 62.0 cm³/mol. The minimum Gasteiger partial charge on any atom is -0.374 e. The second-order valence-electron chi connectivity index (χ2n) is 5.22. The van der Waals surface area contributed by atoms with Crippen molar-refractivity contribution in [3.05, 3.63) is 0 Å². The zero-order chi connectivity index (χ0) is 10.7. The summed E-state index contributed by atoms with van der Waals surface area (Å²) in [7, 11) is 2.21. The second kappa shape index (κ2) is 5.28. The molecule has 15 heavy (non-hydrogen) atoms. The van der Waals surface area contributed by atoms with E-state index in [-0.39, 0.29) is 0 Å². The lowest BCUT2D eigenvalue weighted by Crippen LogP contribution is -2.31. The normalized spacial score (nSPS) is 37.6. The first-order valence-corrected chi connectivity index (χ1v) is 6.29. The minimum absolute atomic E-state index is 0.471. The van der Waals surface area contributed by atoms with Crippen LogP contribution in [0.15, 0.2) is 0 Å². The molecule has 2 aliphatic rings. The molecule has 0 aromatic heterocycles. The summed E-state index contributed by atoms with van der Waals surface area (Å²) in [5, 5.41) is 3.56. The second-order valence-corrected chi connectivity index (χ2v) is 5.22. The van der Waals surface area contributed by atoms with Crippen LogP contribution in [-0.2, 0) is 4.74 Å². The fourth-order valence-electron chi connectivity index (χ4n) is 2.68. The summed E-state index contributed by atoms with van der Waals surface area (Å²) in [4.78, 5) is 2.42. The number of nitrogens with zero attached hydrogens (tertiary/aromatic N) is 1. The Hall–Kier alpha value is -0.120. The molecule has 2 rings (SSSR count). The van der Waals surface area contributed by atoms with Crippen LogP contribution < -0.4 is 5.32 Å². The molecule has 3 nitrogen and oxygen atoms in total. The van der Waals surface area contributed by atoms with E-state index in [1.807, 2.05) is 0 Å². The van der Waals surface area contributed by atoms with Crippen molar-refractivity contribution >= 4 is 0 Å². The standard InChI is InChI=1S/C12H24N2O/c1-10-3-4-12(15-10)8-13-7-11-5-6-14(2)9-11/h10-13H,3-9H2,1-2H3. The van der Waals surface area contributed by atoms with Gasteiger partial charge < -0.3 is 15.0 Å². The Kier molecular flexibility index (Phi) is 4.00. The highest BCUT2D eigenvalue weighted by molar-refractivity contribution is 4.77. The van der Waals surface area contributed by atoms with Crippen molar-refractivity contribution in [1.82, 2.24) is 10.2 Å². The summed E-state index contributed by atoms with van der Waals surface area (Å²) in [5.74, 6) is 0.855. The van der Waals surface area contributed by atoms with E-state index < -0.39 is 0 Å². The van der Waals surface area contributed by atoms with Crippen LogP contribution >= 0.6 is 0 Å². The maximum Gasteiger partial charge on any atom is 0.0704 e. The third-order valence-corrected chi connectivity index (χ3v) is 3.61. The molecule has 3 unspecified atom stereocenters. The van der Waals surface area contributed by atoms with Gasteiger partial charge in [0.25, 0.3) is 0 Å². The highest BCUT2D eigenvalue weighted by atomic mass is 16.5. The highest BCUT2D eigenvalue weighted by Crippen LogP contribution is 2.18. The van der Waals surface area contributed by atoms with Crippen molar-refractivity contribution in [2.75, 3.05) is 33.2 Å². The van der Waals surface area contributed by atoms with Gasteiger partial charge in [-0.2, -0.15) is 0 Å². The van der Waals surface area contributed by atoms with Gasteiger partial charge in [-0.05, 0) is 52.2 Å². The molecule has 2 heterocycles. The van der Waals surface area contributed by atoms with E-state index in [1.54, 1.807) is 0 Å². The van der Waals surface area contributed by atoms with Gasteiger partial charge in [-0.15, -0.1) is 0 Å². The van der Waals surface area contributed by atoms with Gasteiger partial charge in [-0.25, -0.2) is 0 Å². The molecule has 1 N–H and O–H groups in total. The molecule has 0 amide bonds. The average Bonchev–Trinajstić information content (AvgIpc) is 2.76. The van der Waals surface area contributed by atoms with Crippen LogP contribution in [0.5, 0.6) is 0 Å². The van der Waals surface area contributed by atoms with Gasteiger partial charge in [0.1, 0.15) is 0 Å². The zero-order valence-corrected chi connectivity index (χ0v) is 10.0. The van der Waals surface area contributed by atoms with Gasteiger partial charge in [0, 0.05) is 13.1 Å². The molecular formula is C12H24N2O. The van der Waals surface area contributed by atoms with Crippen LogP contribution in [0.3, 0.4) is 0 Å². The molecule has 0 saturated carbocycles. The van der Waals surface area contributed by atoms with Gasteiger partial charge in [0.05, 0.1) is 12.2 Å². The van der Waals surface area contributed by atoms with E-state index in [9.17, 15) is 0 Å². The van der Waals surface area contributed by atoms with Gasteiger partial charge in [-0.1, -0.05) is 0 Å². The van der Waals surface area contributed by atoms with E-state index in [1.165, 1.54) is 38.9 Å². The highest BCUT2D eigenvalue weighted by Gasteiger charge is 2.23. The molecule has 88 valence electrons. The molecule has 0 spiro atoms. The fraction of sp³-hybridized carbons (Fsp3) is 1.00. The maximum absolute atomic E-state index is 5.77. The van der Waals surface area contributed by atoms with E-state index in [0.717, 1.165) is 12.5 Å². The Morgan fingerprint density at radius 2 is 2.13 bits per heavy atom. The zero-order valence-electron chi connectivity index (χ0n) is 10.0. The SMILES string of the molecule is CC1CCC(CNCC2CCN(C)C2)O1. The Morgan fingerprint density at radius 3 is 2.73 bits per heavy atom. The van der Waals surface area contributed by atoms with Crippen molar-refractivity contribution in [2.45, 2.75) is 38.4 Å². The summed E-state index contributed by atoms with van der Waals surface area (Å²) in [5.41, 5.74) is 0. The molecule has 3 heteroatoms. The predicted octanol–water partition coefficient (Wildman–Crippen LogP) is 1.10. The van der Waals surface area contributed by atoms with E-state index in [4.69, 9.17) is 4.74 Å². The number of likely N-dealkylation sites (tertiary alicyclic amines) is 1. The van der Waals surface area contributed by atoms with Crippen molar-refractivity contribution in [3.63, 3.8) is 0 Å². The third kappa shape index (κ3) is 3.44. The quantitative estimate of drug-likeness (QED) is 0.755. The van der Waals surface area contributed by atoms with E-state index >= 15 is 0 Å². The summed E-state index contributed by atoms with van der Waals surface area (Å²) >= 11 is 0. The molecule has 2 saturated heterocycles. The first-order valence-electron chi connectivity index (χ1n) is 6.29. The van der Waals surface area contributed by atoms with Crippen molar-refractivity contribution < 1.29 is 4.74 Å². The lowest BCUT2D eigenvalue weighted by Gasteiger charge is -2.15. The van der Waals surface area contributed by atoms with Crippen LogP contribution in [0, 0.1) is 5.92 Å². The lowest BCUT2D eigenvalue weighted by atomic mass is 10.1. The van der Waals surface area contributed by atoms with Gasteiger partial charge in [0.2, 0.25) is 0 Å². The van der Waals surface area contributed by atoms with Gasteiger partial charge >= 0.3 is 0 Å². The number of hydrogen-bond acceptors (Lipinski definition) is 3. The molecule has 0 radical (unpaired) electrons. The number of nitrogens with one attached hydrogen (secondary N) is 1. The molecular weight excluding hydrogens is 188 g/mol. The monoisotopic (exact) mass is 212 g/mol. The Morgan fingerprint density at radius 1 is 1.27 bits per heavy atom. The van der Waals surface area contributed by atoms with Crippen molar-refractivity contribution in [2.24, 2.45) is 5.92 Å². The first kappa shape index (κ1) is 11.4. The number of ether oxygens (including phenoxy) is 1. The molecule has 2 aliphatic heterocycles. The third-order valence-electron chi connectivity index (χ3n) is 3.61. The lowest BCUT2D eigenvalue weighted by molar-refractivity contribution is 0.0556. The summed E-state index contributed by atoms with van der Waals surface area (Å²) < 4.78 is 5.77. The maximum atomic E-state index is 5.77. The molecule has 0 bridgehead atoms. The summed E-state index contributed by atoms with van der Waals surface area (Å²) in [6, 6.07) is 0. The van der Waals surface area contributed by atoms with Crippen LogP contribution in [0.1, 0.15) is 26.2 Å². The number of hydrogen-bond donors (Lipinski definition) is 1. The van der Waals surface area contributed by atoms with Crippen LogP contribution in [0.25, 0.3) is 0 Å². The summed E-state index contributed by atoms with van der Waals surface area (Å²) in [6.45, 7) is 6.91.